The zero-order chi connectivity index (χ0) is 14.5. The number of hydrogen-bond donors (Lipinski definition) is 1. The van der Waals surface area contributed by atoms with E-state index < -0.39 is 0 Å². The molecule has 0 radical (unpaired) electrons. The van der Waals surface area contributed by atoms with Crippen LogP contribution in [0.3, 0.4) is 0 Å². The van der Waals surface area contributed by atoms with E-state index in [2.05, 4.69) is 63.9 Å². The minimum atomic E-state index is -0.0176. The van der Waals surface area contributed by atoms with Gasteiger partial charge in [-0.05, 0) is 30.5 Å². The number of benzene rings is 1. The molecule has 0 unspecified atom stereocenters. The van der Waals surface area contributed by atoms with Gasteiger partial charge in [0.1, 0.15) is 0 Å². The van der Waals surface area contributed by atoms with Gasteiger partial charge in [0, 0.05) is 25.1 Å². The van der Waals surface area contributed by atoms with Gasteiger partial charge in [0.05, 0.1) is 0 Å². The van der Waals surface area contributed by atoms with Crippen molar-refractivity contribution in [2.75, 3.05) is 26.7 Å². The average Bonchev–Trinajstić information content (AvgIpc) is 2.36. The average molecular weight is 263 g/mol. The first kappa shape index (κ1) is 16.2. The van der Waals surface area contributed by atoms with E-state index in [0.717, 1.165) is 19.5 Å². The Morgan fingerprint density at radius 2 is 1.74 bits per heavy atom. The summed E-state index contributed by atoms with van der Waals surface area (Å²) in [5.41, 5.74) is 2.77. The van der Waals surface area contributed by atoms with E-state index in [-0.39, 0.29) is 12.0 Å². The first-order chi connectivity index (χ1) is 8.84. The minimum absolute atomic E-state index is 0.0176. The first-order valence-corrected chi connectivity index (χ1v) is 7.22. The summed E-state index contributed by atoms with van der Waals surface area (Å²) in [7, 11) is 2.12. The van der Waals surface area contributed by atoms with Crippen LogP contribution in [-0.4, -0.2) is 36.8 Å². The van der Waals surface area contributed by atoms with Crippen LogP contribution >= 0.6 is 0 Å². The third-order valence-electron chi connectivity index (χ3n) is 3.55. The van der Waals surface area contributed by atoms with Gasteiger partial charge in [-0.3, -0.25) is 0 Å². The van der Waals surface area contributed by atoms with Gasteiger partial charge in [0.25, 0.3) is 0 Å². The normalized spacial score (nSPS) is 12.4. The number of aliphatic hydroxyl groups excluding tert-OH is 1. The molecule has 0 spiro atoms. The fourth-order valence-corrected chi connectivity index (χ4v) is 2.25. The van der Waals surface area contributed by atoms with Gasteiger partial charge in [-0.25, -0.2) is 0 Å². The van der Waals surface area contributed by atoms with E-state index in [1.807, 2.05) is 0 Å². The quantitative estimate of drug-likeness (QED) is 0.816. The molecule has 0 saturated heterocycles. The summed E-state index contributed by atoms with van der Waals surface area (Å²) in [6.07, 6.45) is 1.07. The third kappa shape index (κ3) is 5.75. The highest BCUT2D eigenvalue weighted by Crippen LogP contribution is 2.17. The smallest absolute Gasteiger partial charge is 0.0494 e. The molecule has 1 rings (SSSR count). The predicted octanol–water partition coefficient (Wildman–Crippen LogP) is 3.30. The molecule has 1 aromatic rings. The van der Waals surface area contributed by atoms with Gasteiger partial charge in [0.15, 0.2) is 0 Å². The van der Waals surface area contributed by atoms with E-state index in [4.69, 9.17) is 0 Å². The lowest BCUT2D eigenvalue weighted by molar-refractivity contribution is 0.116. The summed E-state index contributed by atoms with van der Waals surface area (Å²) in [4.78, 5) is 2.30. The van der Waals surface area contributed by atoms with Crippen LogP contribution in [0.5, 0.6) is 0 Å². The summed E-state index contributed by atoms with van der Waals surface area (Å²) in [6.45, 7) is 10.8. The number of hydrogen-bond acceptors (Lipinski definition) is 2. The van der Waals surface area contributed by atoms with E-state index in [9.17, 15) is 5.11 Å². The Kier molecular flexibility index (Phi) is 6.02. The van der Waals surface area contributed by atoms with E-state index in [0.29, 0.717) is 5.92 Å². The summed E-state index contributed by atoms with van der Waals surface area (Å²) < 4.78 is 0. The number of nitrogens with zero attached hydrogens (tertiary/aromatic N) is 1. The number of likely N-dealkylation sites (N-methyl/N-ethyl adjacent to an activating group) is 1. The molecule has 0 atom stereocenters. The molecule has 108 valence electrons. The van der Waals surface area contributed by atoms with Crippen LogP contribution < -0.4 is 0 Å². The first-order valence-electron chi connectivity index (χ1n) is 7.22. The van der Waals surface area contributed by atoms with Crippen molar-refractivity contribution in [3.05, 3.63) is 35.4 Å². The molecule has 0 amide bonds. The minimum Gasteiger partial charge on any atom is -0.396 e. The van der Waals surface area contributed by atoms with Gasteiger partial charge in [-0.15, -0.1) is 0 Å². The van der Waals surface area contributed by atoms with Gasteiger partial charge in [0.2, 0.25) is 0 Å². The topological polar surface area (TPSA) is 23.5 Å². The second-order valence-corrected chi connectivity index (χ2v) is 6.71. The second-order valence-electron chi connectivity index (χ2n) is 6.71. The Morgan fingerprint density at radius 3 is 2.21 bits per heavy atom. The second kappa shape index (κ2) is 7.06. The van der Waals surface area contributed by atoms with Crippen LogP contribution in [0.4, 0.5) is 0 Å². The molecule has 19 heavy (non-hydrogen) atoms. The zero-order valence-electron chi connectivity index (χ0n) is 13.1. The van der Waals surface area contributed by atoms with Crippen LogP contribution in [0.15, 0.2) is 24.3 Å². The monoisotopic (exact) mass is 263 g/mol. The maximum absolute atomic E-state index is 9.28. The maximum Gasteiger partial charge on any atom is 0.0494 e. The van der Waals surface area contributed by atoms with E-state index >= 15 is 0 Å². The lowest BCUT2D eigenvalue weighted by atomic mass is 9.94. The third-order valence-corrected chi connectivity index (χ3v) is 3.55. The zero-order valence-corrected chi connectivity index (χ0v) is 13.1. The van der Waals surface area contributed by atoms with Gasteiger partial charge >= 0.3 is 0 Å². The Balaban J connectivity index is 2.44. The molecule has 0 heterocycles. The summed E-state index contributed by atoms with van der Waals surface area (Å²) in [6, 6.07) is 8.94. The van der Waals surface area contributed by atoms with Crippen molar-refractivity contribution in [2.45, 2.75) is 40.0 Å². The Bertz CT molecular complexity index is 367. The number of rotatable bonds is 7. The van der Waals surface area contributed by atoms with Gasteiger partial charge in [-0.1, -0.05) is 52.0 Å². The van der Waals surface area contributed by atoms with Crippen molar-refractivity contribution in [3.8, 4) is 0 Å². The fraction of sp³-hybridized carbons (Fsp3) is 0.647. The van der Waals surface area contributed by atoms with Crippen LogP contribution in [0.1, 0.15) is 44.7 Å². The molecular formula is C17H29NO. The Labute approximate surface area is 118 Å². The highest BCUT2D eigenvalue weighted by Gasteiger charge is 2.18. The molecule has 2 heteroatoms. The Morgan fingerprint density at radius 1 is 1.16 bits per heavy atom. The molecule has 0 aliphatic heterocycles. The molecule has 0 bridgehead atoms. The lowest BCUT2D eigenvalue weighted by Gasteiger charge is -2.28. The largest absolute Gasteiger partial charge is 0.396 e. The van der Waals surface area contributed by atoms with Crippen molar-refractivity contribution >= 4 is 0 Å². The molecule has 0 fully saturated rings. The van der Waals surface area contributed by atoms with Crippen LogP contribution in [0, 0.1) is 5.41 Å². The SMILES string of the molecule is CC(C)c1ccc(CCN(C)CC(C)(C)CO)cc1. The maximum atomic E-state index is 9.28. The van der Waals surface area contributed by atoms with Gasteiger partial charge in [-0.2, -0.15) is 0 Å². The van der Waals surface area contributed by atoms with Crippen molar-refractivity contribution in [1.29, 1.82) is 0 Å². The molecule has 0 aliphatic rings. The van der Waals surface area contributed by atoms with E-state index in [1.165, 1.54) is 11.1 Å². The van der Waals surface area contributed by atoms with Crippen LogP contribution in [0.25, 0.3) is 0 Å². The van der Waals surface area contributed by atoms with Crippen molar-refractivity contribution in [2.24, 2.45) is 5.41 Å². The molecule has 2 nitrogen and oxygen atoms in total. The lowest BCUT2D eigenvalue weighted by Crippen LogP contribution is -2.35. The summed E-state index contributed by atoms with van der Waals surface area (Å²) >= 11 is 0. The van der Waals surface area contributed by atoms with Gasteiger partial charge < -0.3 is 10.0 Å². The van der Waals surface area contributed by atoms with Crippen LogP contribution in [0.2, 0.25) is 0 Å². The predicted molar refractivity (Wildman–Crippen MR) is 82.6 cm³/mol. The highest BCUT2D eigenvalue weighted by molar-refractivity contribution is 5.24. The molecule has 1 aromatic carbocycles. The van der Waals surface area contributed by atoms with Crippen molar-refractivity contribution < 1.29 is 5.11 Å². The molecule has 0 saturated carbocycles. The van der Waals surface area contributed by atoms with E-state index in [1.54, 1.807) is 0 Å². The standard InChI is InChI=1S/C17H29NO/c1-14(2)16-8-6-15(7-9-16)10-11-18(5)12-17(3,4)13-19/h6-9,14,19H,10-13H2,1-5H3. The molecule has 0 aliphatic carbocycles. The van der Waals surface area contributed by atoms with Crippen molar-refractivity contribution in [3.63, 3.8) is 0 Å². The molecular weight excluding hydrogens is 234 g/mol. The summed E-state index contributed by atoms with van der Waals surface area (Å²) in [5, 5.41) is 9.28. The fourth-order valence-electron chi connectivity index (χ4n) is 2.25. The highest BCUT2D eigenvalue weighted by atomic mass is 16.3. The molecule has 1 N–H and O–H groups in total. The van der Waals surface area contributed by atoms with Crippen molar-refractivity contribution in [1.82, 2.24) is 4.90 Å². The number of aliphatic hydroxyl groups is 1. The van der Waals surface area contributed by atoms with Crippen LogP contribution in [-0.2, 0) is 6.42 Å². The molecule has 0 aromatic heterocycles. The Hall–Kier alpha value is -0.860. The summed E-state index contributed by atoms with van der Waals surface area (Å²) in [5.74, 6) is 0.599.